The molecule has 21 heavy (non-hydrogen) atoms. The van der Waals surface area contributed by atoms with Crippen molar-refractivity contribution in [2.24, 2.45) is 0 Å². The normalized spacial score (nSPS) is 16.1. The molecule has 4 nitrogen and oxygen atoms in total. The molecule has 0 fully saturated rings. The van der Waals surface area contributed by atoms with Crippen LogP contribution in [-0.4, -0.2) is 19.2 Å². The van der Waals surface area contributed by atoms with Crippen LogP contribution < -0.4 is 10.5 Å². The Morgan fingerprint density at radius 3 is 2.81 bits per heavy atom. The van der Waals surface area contributed by atoms with Crippen LogP contribution in [0, 0.1) is 0 Å². The fraction of sp³-hybridized carbons (Fsp3) is 0.235. The molecule has 0 aliphatic carbocycles. The zero-order valence-corrected chi connectivity index (χ0v) is 11.6. The Balaban J connectivity index is 1.57. The fourth-order valence-electron chi connectivity index (χ4n) is 2.46. The molecule has 2 aromatic rings. The van der Waals surface area contributed by atoms with Gasteiger partial charge >= 0.3 is 5.97 Å². The molecule has 2 aromatic carbocycles. The summed E-state index contributed by atoms with van der Waals surface area (Å²) in [5.74, 6) is 0.724. The zero-order chi connectivity index (χ0) is 14.7. The number of para-hydroxylation sites is 2. The molecule has 0 aromatic heterocycles. The Bertz CT molecular complexity index is 654. The number of carbonyl (C=O) groups is 1. The van der Waals surface area contributed by atoms with E-state index in [4.69, 9.17) is 15.2 Å². The summed E-state index contributed by atoms with van der Waals surface area (Å²) in [6.45, 7) is 0.892. The zero-order valence-electron chi connectivity index (χ0n) is 11.6. The van der Waals surface area contributed by atoms with Gasteiger partial charge in [0.05, 0.1) is 18.9 Å². The van der Waals surface area contributed by atoms with Gasteiger partial charge in [-0.2, -0.15) is 0 Å². The van der Waals surface area contributed by atoms with E-state index in [-0.39, 0.29) is 18.3 Å². The van der Waals surface area contributed by atoms with Gasteiger partial charge in [-0.3, -0.25) is 4.79 Å². The number of nitrogen functional groups attached to an aromatic ring is 1. The molecule has 0 saturated heterocycles. The maximum Gasteiger partial charge on any atom is 0.310 e. The lowest BCUT2D eigenvalue weighted by molar-refractivity contribution is -0.143. The van der Waals surface area contributed by atoms with Crippen LogP contribution in [-0.2, 0) is 16.0 Å². The minimum atomic E-state index is -0.266. The Hall–Kier alpha value is -2.49. The third-order valence-corrected chi connectivity index (χ3v) is 3.63. The second-order valence-corrected chi connectivity index (χ2v) is 5.10. The Labute approximate surface area is 123 Å². The van der Waals surface area contributed by atoms with E-state index in [0.717, 1.165) is 16.9 Å². The predicted octanol–water partition coefficient (Wildman–Crippen LogP) is 2.53. The van der Waals surface area contributed by atoms with Gasteiger partial charge in [0.2, 0.25) is 0 Å². The van der Waals surface area contributed by atoms with Crippen molar-refractivity contribution in [1.29, 1.82) is 0 Å². The van der Waals surface area contributed by atoms with Crippen LogP contribution in [0.5, 0.6) is 5.75 Å². The highest BCUT2D eigenvalue weighted by Gasteiger charge is 2.24. The van der Waals surface area contributed by atoms with E-state index in [2.05, 4.69) is 0 Å². The number of rotatable bonds is 4. The smallest absolute Gasteiger partial charge is 0.310 e. The van der Waals surface area contributed by atoms with E-state index in [9.17, 15) is 4.79 Å². The maximum absolute atomic E-state index is 11.9. The number of fused-ring (bicyclic) bond motifs is 1. The summed E-state index contributed by atoms with van der Waals surface area (Å²) in [7, 11) is 0. The Morgan fingerprint density at radius 2 is 1.95 bits per heavy atom. The van der Waals surface area contributed by atoms with Crippen molar-refractivity contribution < 1.29 is 14.3 Å². The first-order chi connectivity index (χ1) is 10.2. The molecular weight excluding hydrogens is 266 g/mol. The molecule has 0 radical (unpaired) electrons. The minimum absolute atomic E-state index is 0.110. The van der Waals surface area contributed by atoms with Crippen molar-refractivity contribution in [2.75, 3.05) is 18.9 Å². The highest BCUT2D eigenvalue weighted by atomic mass is 16.5. The first-order valence-electron chi connectivity index (χ1n) is 6.95. The van der Waals surface area contributed by atoms with E-state index in [0.29, 0.717) is 18.9 Å². The van der Waals surface area contributed by atoms with Gasteiger partial charge < -0.3 is 15.2 Å². The van der Waals surface area contributed by atoms with Crippen LogP contribution in [0.15, 0.2) is 48.5 Å². The summed E-state index contributed by atoms with van der Waals surface area (Å²) in [4.78, 5) is 11.9. The van der Waals surface area contributed by atoms with Crippen molar-refractivity contribution in [2.45, 2.75) is 12.3 Å². The lowest BCUT2D eigenvalue weighted by Gasteiger charge is -2.10. The van der Waals surface area contributed by atoms with Gasteiger partial charge in [0.1, 0.15) is 12.4 Å². The molecule has 108 valence electrons. The van der Waals surface area contributed by atoms with Gasteiger partial charge in [0.15, 0.2) is 0 Å². The standard InChI is InChI=1S/C17H17NO3/c18-15-7-3-1-5-12(15)9-17(19)21-11-13-10-20-16-8-4-2-6-14(13)16/h1-8,13H,9-11,18H2. The molecule has 0 amide bonds. The predicted molar refractivity (Wildman–Crippen MR) is 80.2 cm³/mol. The third kappa shape index (κ3) is 2.99. The molecule has 1 aliphatic rings. The summed E-state index contributed by atoms with van der Waals surface area (Å²) in [6, 6.07) is 15.2. The topological polar surface area (TPSA) is 61.6 Å². The number of hydrogen-bond acceptors (Lipinski definition) is 4. The van der Waals surface area contributed by atoms with Gasteiger partial charge in [0.25, 0.3) is 0 Å². The van der Waals surface area contributed by atoms with Gasteiger partial charge in [-0.15, -0.1) is 0 Å². The molecule has 1 aliphatic heterocycles. The van der Waals surface area contributed by atoms with Crippen molar-refractivity contribution in [3.63, 3.8) is 0 Å². The molecule has 3 rings (SSSR count). The maximum atomic E-state index is 11.9. The van der Waals surface area contributed by atoms with Crippen LogP contribution in [0.25, 0.3) is 0 Å². The molecule has 1 atom stereocenters. The van der Waals surface area contributed by atoms with E-state index in [1.807, 2.05) is 42.5 Å². The third-order valence-electron chi connectivity index (χ3n) is 3.63. The number of esters is 1. The van der Waals surface area contributed by atoms with E-state index in [1.165, 1.54) is 0 Å². The van der Waals surface area contributed by atoms with Crippen molar-refractivity contribution in [3.8, 4) is 5.75 Å². The van der Waals surface area contributed by atoms with Crippen molar-refractivity contribution in [1.82, 2.24) is 0 Å². The van der Waals surface area contributed by atoms with Crippen LogP contribution in [0.3, 0.4) is 0 Å². The Kier molecular flexibility index (Phi) is 3.77. The average molecular weight is 283 g/mol. The van der Waals surface area contributed by atoms with Crippen molar-refractivity contribution in [3.05, 3.63) is 59.7 Å². The van der Waals surface area contributed by atoms with E-state index >= 15 is 0 Å². The highest BCUT2D eigenvalue weighted by molar-refractivity contribution is 5.74. The van der Waals surface area contributed by atoms with Gasteiger partial charge in [-0.05, 0) is 17.7 Å². The average Bonchev–Trinajstić information content (AvgIpc) is 2.91. The number of hydrogen-bond donors (Lipinski definition) is 1. The van der Waals surface area contributed by atoms with Gasteiger partial charge in [-0.1, -0.05) is 36.4 Å². The summed E-state index contributed by atoms with van der Waals surface area (Å²) >= 11 is 0. The molecule has 4 heteroatoms. The minimum Gasteiger partial charge on any atom is -0.493 e. The summed E-state index contributed by atoms with van der Waals surface area (Å²) in [5.41, 5.74) is 8.34. The lowest BCUT2D eigenvalue weighted by Crippen LogP contribution is -2.16. The quantitative estimate of drug-likeness (QED) is 0.692. The van der Waals surface area contributed by atoms with Crippen LogP contribution in [0.2, 0.25) is 0 Å². The van der Waals surface area contributed by atoms with Gasteiger partial charge in [0, 0.05) is 11.3 Å². The van der Waals surface area contributed by atoms with Crippen LogP contribution in [0.1, 0.15) is 17.0 Å². The first kappa shape index (κ1) is 13.5. The number of carbonyl (C=O) groups excluding carboxylic acids is 1. The number of ether oxygens (including phenoxy) is 2. The Morgan fingerprint density at radius 1 is 1.19 bits per heavy atom. The largest absolute Gasteiger partial charge is 0.493 e. The number of nitrogens with two attached hydrogens (primary N) is 1. The van der Waals surface area contributed by atoms with E-state index in [1.54, 1.807) is 6.07 Å². The summed E-state index contributed by atoms with van der Waals surface area (Å²) in [6.07, 6.45) is 0.196. The van der Waals surface area contributed by atoms with Crippen LogP contribution >= 0.6 is 0 Å². The summed E-state index contributed by atoms with van der Waals surface area (Å²) < 4.78 is 10.9. The van der Waals surface area contributed by atoms with Gasteiger partial charge in [-0.25, -0.2) is 0 Å². The van der Waals surface area contributed by atoms with E-state index < -0.39 is 0 Å². The van der Waals surface area contributed by atoms with Crippen molar-refractivity contribution >= 4 is 11.7 Å². The number of benzene rings is 2. The molecular formula is C17H17NO3. The second kappa shape index (κ2) is 5.87. The first-order valence-corrected chi connectivity index (χ1v) is 6.95. The summed E-state index contributed by atoms with van der Waals surface area (Å²) in [5, 5.41) is 0. The molecule has 0 bridgehead atoms. The lowest BCUT2D eigenvalue weighted by atomic mass is 10.0. The molecule has 1 heterocycles. The SMILES string of the molecule is Nc1ccccc1CC(=O)OCC1COc2ccccc21. The number of anilines is 1. The highest BCUT2D eigenvalue weighted by Crippen LogP contribution is 2.33. The second-order valence-electron chi connectivity index (χ2n) is 5.10. The molecule has 0 spiro atoms. The molecule has 1 unspecified atom stereocenters. The molecule has 0 saturated carbocycles. The van der Waals surface area contributed by atoms with Crippen LogP contribution in [0.4, 0.5) is 5.69 Å². The molecule has 2 N–H and O–H groups in total. The fourth-order valence-corrected chi connectivity index (χ4v) is 2.46. The monoisotopic (exact) mass is 283 g/mol.